The summed E-state index contributed by atoms with van der Waals surface area (Å²) in [6.45, 7) is -0.193. The normalized spacial score (nSPS) is 15.4. The Labute approximate surface area is 164 Å². The van der Waals surface area contributed by atoms with Gasteiger partial charge in [0, 0.05) is 0 Å². The SMILES string of the molecule is COc1cc(/C=C2\SC(=S)N(Cc3ccco3)C2=O)ccc1OCC(=O)O. The van der Waals surface area contributed by atoms with Gasteiger partial charge in [-0.15, -0.1) is 0 Å². The third-order valence-electron chi connectivity index (χ3n) is 3.60. The summed E-state index contributed by atoms with van der Waals surface area (Å²) in [5, 5.41) is 8.71. The second-order valence-corrected chi connectivity index (χ2v) is 7.12. The number of carbonyl (C=O) groups excluding carboxylic acids is 1. The van der Waals surface area contributed by atoms with E-state index in [1.165, 1.54) is 23.8 Å². The predicted octanol–water partition coefficient (Wildman–Crippen LogP) is 3.15. The van der Waals surface area contributed by atoms with Gasteiger partial charge in [0.1, 0.15) is 10.1 Å². The van der Waals surface area contributed by atoms with Gasteiger partial charge in [-0.3, -0.25) is 9.69 Å². The first-order valence-electron chi connectivity index (χ1n) is 7.78. The van der Waals surface area contributed by atoms with Crippen molar-refractivity contribution in [3.8, 4) is 11.5 Å². The quantitative estimate of drug-likeness (QED) is 0.555. The maximum absolute atomic E-state index is 12.6. The molecule has 1 aliphatic heterocycles. The van der Waals surface area contributed by atoms with Crippen LogP contribution in [0.1, 0.15) is 11.3 Å². The molecule has 27 heavy (non-hydrogen) atoms. The molecule has 0 unspecified atom stereocenters. The van der Waals surface area contributed by atoms with Crippen molar-refractivity contribution in [3.63, 3.8) is 0 Å². The number of hydrogen-bond acceptors (Lipinski definition) is 7. The van der Waals surface area contributed by atoms with Gasteiger partial charge < -0.3 is 19.0 Å². The molecule has 0 aliphatic carbocycles. The van der Waals surface area contributed by atoms with Crippen molar-refractivity contribution in [1.29, 1.82) is 0 Å². The van der Waals surface area contributed by atoms with Gasteiger partial charge in [0.2, 0.25) is 0 Å². The van der Waals surface area contributed by atoms with Crippen molar-refractivity contribution in [2.24, 2.45) is 0 Å². The summed E-state index contributed by atoms with van der Waals surface area (Å²) in [5.74, 6) is 0.0422. The number of hydrogen-bond donors (Lipinski definition) is 1. The zero-order valence-corrected chi connectivity index (χ0v) is 15.8. The van der Waals surface area contributed by atoms with E-state index < -0.39 is 12.6 Å². The Morgan fingerprint density at radius 3 is 2.85 bits per heavy atom. The maximum atomic E-state index is 12.6. The number of nitrogens with zero attached hydrogens (tertiary/aromatic N) is 1. The highest BCUT2D eigenvalue weighted by molar-refractivity contribution is 8.26. The molecule has 0 spiro atoms. The molecule has 0 atom stereocenters. The van der Waals surface area contributed by atoms with Crippen LogP contribution in [0.5, 0.6) is 11.5 Å². The molecule has 1 amide bonds. The molecule has 1 N–H and O–H groups in total. The van der Waals surface area contributed by atoms with Gasteiger partial charge in [0.05, 0.1) is 24.8 Å². The van der Waals surface area contributed by atoms with Crippen molar-refractivity contribution in [2.45, 2.75) is 6.54 Å². The average molecular weight is 405 g/mol. The highest BCUT2D eigenvalue weighted by Gasteiger charge is 2.32. The summed E-state index contributed by atoms with van der Waals surface area (Å²) >= 11 is 6.51. The van der Waals surface area contributed by atoms with E-state index in [0.29, 0.717) is 32.0 Å². The minimum absolute atomic E-state index is 0.202. The van der Waals surface area contributed by atoms with E-state index in [2.05, 4.69) is 0 Å². The number of amides is 1. The van der Waals surface area contributed by atoms with E-state index in [9.17, 15) is 9.59 Å². The fourth-order valence-electron chi connectivity index (χ4n) is 2.38. The molecular formula is C18H15NO6S2. The number of furan rings is 1. The molecule has 0 radical (unpaired) electrons. The topological polar surface area (TPSA) is 89.2 Å². The van der Waals surface area contributed by atoms with Gasteiger partial charge in [0.15, 0.2) is 18.1 Å². The lowest BCUT2D eigenvalue weighted by atomic mass is 10.2. The molecule has 1 aromatic heterocycles. The van der Waals surface area contributed by atoms with Crippen LogP contribution in [0.25, 0.3) is 6.08 Å². The lowest BCUT2D eigenvalue weighted by Crippen LogP contribution is -2.27. The van der Waals surface area contributed by atoms with E-state index >= 15 is 0 Å². The van der Waals surface area contributed by atoms with Crippen LogP contribution in [0.3, 0.4) is 0 Å². The number of rotatable bonds is 7. The standard InChI is InChI=1S/C18H15NO6S2/c1-23-14-7-11(4-5-13(14)25-10-16(20)21)8-15-17(22)19(18(26)27-15)9-12-3-2-6-24-12/h2-8H,9-10H2,1H3,(H,20,21)/b15-8-. The summed E-state index contributed by atoms with van der Waals surface area (Å²) in [6, 6.07) is 8.50. The Morgan fingerprint density at radius 2 is 2.19 bits per heavy atom. The molecule has 1 aromatic carbocycles. The molecule has 0 saturated carbocycles. The summed E-state index contributed by atoms with van der Waals surface area (Å²) < 4.78 is 16.1. The molecular weight excluding hydrogens is 390 g/mol. The first-order valence-corrected chi connectivity index (χ1v) is 9.01. The molecule has 7 nitrogen and oxygen atoms in total. The number of thioether (sulfide) groups is 1. The van der Waals surface area contributed by atoms with Gasteiger partial charge in [-0.1, -0.05) is 30.0 Å². The second-order valence-electron chi connectivity index (χ2n) is 5.44. The van der Waals surface area contributed by atoms with Crippen molar-refractivity contribution in [3.05, 3.63) is 52.8 Å². The van der Waals surface area contributed by atoms with Gasteiger partial charge in [-0.05, 0) is 35.9 Å². The highest BCUT2D eigenvalue weighted by atomic mass is 32.2. The molecule has 2 aromatic rings. The maximum Gasteiger partial charge on any atom is 0.341 e. The van der Waals surface area contributed by atoms with Gasteiger partial charge >= 0.3 is 5.97 Å². The van der Waals surface area contributed by atoms with Crippen LogP contribution < -0.4 is 9.47 Å². The molecule has 140 valence electrons. The molecule has 1 fully saturated rings. The fraction of sp³-hybridized carbons (Fsp3) is 0.167. The number of carboxylic acids is 1. The Hall–Kier alpha value is -2.78. The van der Waals surface area contributed by atoms with Crippen LogP contribution in [-0.4, -0.2) is 39.9 Å². The minimum atomic E-state index is -1.08. The molecule has 9 heteroatoms. The fourth-order valence-corrected chi connectivity index (χ4v) is 3.63. The van der Waals surface area contributed by atoms with Crippen LogP contribution in [0.4, 0.5) is 0 Å². The molecule has 0 bridgehead atoms. The zero-order chi connectivity index (χ0) is 19.4. The number of ether oxygens (including phenoxy) is 2. The summed E-state index contributed by atoms with van der Waals surface area (Å²) in [6.07, 6.45) is 3.24. The number of thiocarbonyl (C=S) groups is 1. The predicted molar refractivity (Wildman–Crippen MR) is 104 cm³/mol. The molecule has 3 rings (SSSR count). The summed E-state index contributed by atoms with van der Waals surface area (Å²) in [4.78, 5) is 25.2. The number of benzene rings is 1. The third kappa shape index (κ3) is 4.50. The largest absolute Gasteiger partial charge is 0.493 e. The molecule has 1 aliphatic rings. The summed E-state index contributed by atoms with van der Waals surface area (Å²) in [7, 11) is 1.45. The van der Waals surface area contributed by atoms with E-state index in [1.54, 1.807) is 42.7 Å². The van der Waals surface area contributed by atoms with E-state index in [-0.39, 0.29) is 12.5 Å². The van der Waals surface area contributed by atoms with Crippen LogP contribution in [0.2, 0.25) is 0 Å². The Balaban J connectivity index is 1.78. The van der Waals surface area contributed by atoms with Crippen molar-refractivity contribution in [1.82, 2.24) is 4.90 Å². The lowest BCUT2D eigenvalue weighted by molar-refractivity contribution is -0.139. The number of carbonyl (C=O) groups is 2. The van der Waals surface area contributed by atoms with Crippen molar-refractivity contribution >= 4 is 46.3 Å². The van der Waals surface area contributed by atoms with Gasteiger partial charge in [0.25, 0.3) is 5.91 Å². The third-order valence-corrected chi connectivity index (χ3v) is 4.98. The van der Waals surface area contributed by atoms with Gasteiger partial charge in [-0.2, -0.15) is 0 Å². The van der Waals surface area contributed by atoms with E-state index in [0.717, 1.165) is 0 Å². The highest BCUT2D eigenvalue weighted by Crippen LogP contribution is 2.35. The number of carboxylic acid groups (broad SMARTS) is 1. The van der Waals surface area contributed by atoms with Crippen LogP contribution in [0.15, 0.2) is 45.9 Å². The first kappa shape index (κ1) is 19.0. The minimum Gasteiger partial charge on any atom is -0.493 e. The first-order chi connectivity index (χ1) is 13.0. The molecule has 2 heterocycles. The van der Waals surface area contributed by atoms with Crippen LogP contribution in [0, 0.1) is 0 Å². The number of aliphatic carboxylic acids is 1. The zero-order valence-electron chi connectivity index (χ0n) is 14.2. The van der Waals surface area contributed by atoms with E-state index in [1.807, 2.05) is 0 Å². The van der Waals surface area contributed by atoms with Crippen LogP contribution >= 0.6 is 24.0 Å². The average Bonchev–Trinajstić information content (AvgIpc) is 3.24. The Morgan fingerprint density at radius 1 is 1.37 bits per heavy atom. The number of methoxy groups -OCH3 is 1. The van der Waals surface area contributed by atoms with Crippen molar-refractivity contribution in [2.75, 3.05) is 13.7 Å². The lowest BCUT2D eigenvalue weighted by Gasteiger charge is -2.12. The summed E-state index contributed by atoms with van der Waals surface area (Å²) in [5.41, 5.74) is 0.702. The van der Waals surface area contributed by atoms with Crippen LogP contribution in [-0.2, 0) is 16.1 Å². The Bertz CT molecular complexity index is 907. The second kappa shape index (κ2) is 8.28. The smallest absolute Gasteiger partial charge is 0.341 e. The Kier molecular flexibility index (Phi) is 5.82. The molecule has 1 saturated heterocycles. The monoisotopic (exact) mass is 405 g/mol. The van der Waals surface area contributed by atoms with Crippen molar-refractivity contribution < 1.29 is 28.6 Å². The van der Waals surface area contributed by atoms with Gasteiger partial charge in [-0.25, -0.2) is 4.79 Å². The van der Waals surface area contributed by atoms with E-state index in [4.69, 9.17) is 31.2 Å².